The minimum absolute atomic E-state index is 0.0457. The maximum Gasteiger partial charge on any atom is 0.367 e. The first-order valence-electron chi connectivity index (χ1n) is 14.7. The van der Waals surface area contributed by atoms with Crippen LogP contribution < -0.4 is 4.74 Å². The van der Waals surface area contributed by atoms with Gasteiger partial charge in [-0.1, -0.05) is 127 Å². The summed E-state index contributed by atoms with van der Waals surface area (Å²) in [6.07, 6.45) is 16.5. The van der Waals surface area contributed by atoms with Crippen LogP contribution in [0.4, 0.5) is 0 Å². The van der Waals surface area contributed by atoms with E-state index in [0.717, 1.165) is 18.7 Å². The molecule has 1 unspecified atom stereocenters. The molecule has 0 amide bonds. The summed E-state index contributed by atoms with van der Waals surface area (Å²) in [5.41, 5.74) is 2.41. The van der Waals surface area contributed by atoms with Crippen LogP contribution in [0.3, 0.4) is 0 Å². The molecule has 0 aliphatic rings. The van der Waals surface area contributed by atoms with Gasteiger partial charge in [0.1, 0.15) is 12.3 Å². The van der Waals surface area contributed by atoms with Gasteiger partial charge in [-0.25, -0.2) is 4.79 Å². The van der Waals surface area contributed by atoms with E-state index in [0.29, 0.717) is 10.9 Å². The predicted molar refractivity (Wildman–Crippen MR) is 155 cm³/mol. The molecule has 0 aromatic heterocycles. The van der Waals surface area contributed by atoms with Crippen LogP contribution in [-0.2, 0) is 22.5 Å². The molecule has 2 aromatic rings. The van der Waals surface area contributed by atoms with Crippen molar-refractivity contribution in [2.45, 2.75) is 110 Å². The molecule has 0 aliphatic heterocycles. The van der Waals surface area contributed by atoms with E-state index in [1.807, 2.05) is 37.3 Å². The Hall–Kier alpha value is -2.33. The topological polar surface area (TPSA) is 35.5 Å². The zero-order valence-electron chi connectivity index (χ0n) is 24.1. The fourth-order valence-corrected chi connectivity index (χ4v) is 5.19. The van der Waals surface area contributed by atoms with Crippen LogP contribution in [0.5, 0.6) is 5.75 Å². The van der Waals surface area contributed by atoms with Crippen LogP contribution >= 0.6 is 0 Å². The van der Waals surface area contributed by atoms with Crippen LogP contribution in [-0.4, -0.2) is 37.4 Å². The number of hydrogen-bond donors (Lipinski definition) is 0. The molecule has 4 nitrogen and oxygen atoms in total. The SMILES string of the molecule is CCCCCCCCCCCCCc1ccccc1OCOC(=O)C(CC)[N+](C)(C)Cc1ccccc1. The van der Waals surface area contributed by atoms with Gasteiger partial charge in [-0.15, -0.1) is 0 Å². The number of quaternary nitrogens is 1. The van der Waals surface area contributed by atoms with Gasteiger partial charge in [0.15, 0.2) is 6.04 Å². The smallest absolute Gasteiger partial charge is 0.367 e. The second kappa shape index (κ2) is 18.0. The average molecular weight is 511 g/mol. The van der Waals surface area contributed by atoms with E-state index in [2.05, 4.69) is 45.3 Å². The van der Waals surface area contributed by atoms with Gasteiger partial charge in [-0.3, -0.25) is 0 Å². The van der Waals surface area contributed by atoms with E-state index in [-0.39, 0.29) is 18.8 Å². The number of rotatable bonds is 20. The van der Waals surface area contributed by atoms with Crippen molar-refractivity contribution in [3.05, 3.63) is 65.7 Å². The average Bonchev–Trinajstić information content (AvgIpc) is 2.88. The summed E-state index contributed by atoms with van der Waals surface area (Å²) in [6.45, 7) is 5.05. The number of esters is 1. The van der Waals surface area contributed by atoms with Crippen molar-refractivity contribution in [1.29, 1.82) is 0 Å². The van der Waals surface area contributed by atoms with Gasteiger partial charge in [0.25, 0.3) is 0 Å². The highest BCUT2D eigenvalue weighted by molar-refractivity contribution is 5.74. The van der Waals surface area contributed by atoms with Crippen molar-refractivity contribution in [2.75, 3.05) is 20.9 Å². The molecule has 0 aliphatic carbocycles. The number of para-hydroxylation sites is 1. The number of hydrogen-bond acceptors (Lipinski definition) is 3. The van der Waals surface area contributed by atoms with Crippen LogP contribution in [0.2, 0.25) is 0 Å². The highest BCUT2D eigenvalue weighted by Gasteiger charge is 2.35. The van der Waals surface area contributed by atoms with E-state index in [4.69, 9.17) is 9.47 Å². The summed E-state index contributed by atoms with van der Waals surface area (Å²) < 4.78 is 12.1. The lowest BCUT2D eigenvalue weighted by Gasteiger charge is -2.36. The molecule has 2 rings (SSSR count). The molecular weight excluding hydrogens is 458 g/mol. The number of likely N-dealkylation sites (N-methyl/N-ethyl adjacent to an activating group) is 1. The molecule has 0 N–H and O–H groups in total. The monoisotopic (exact) mass is 510 g/mol. The maximum absolute atomic E-state index is 13.0. The Bertz CT molecular complexity index is 865. The number of aryl methyl sites for hydroxylation is 1. The lowest BCUT2D eigenvalue weighted by Crippen LogP contribution is -2.52. The van der Waals surface area contributed by atoms with Crippen molar-refractivity contribution in [3.63, 3.8) is 0 Å². The molecule has 0 radical (unpaired) electrons. The second-order valence-corrected chi connectivity index (χ2v) is 11.0. The minimum Gasteiger partial charge on any atom is -0.457 e. The summed E-state index contributed by atoms with van der Waals surface area (Å²) in [5, 5.41) is 0. The standard InChI is InChI=1S/C33H52NO3/c1-5-7-8-9-10-11-12-13-14-15-19-24-30-25-20-21-26-32(30)36-28-37-33(35)31(6-2)34(3,4)27-29-22-17-16-18-23-29/h16-18,20-23,25-26,31H,5-15,19,24,27-28H2,1-4H3/q+1. The molecule has 0 fully saturated rings. The Labute approximate surface area is 227 Å². The fraction of sp³-hybridized carbons (Fsp3) is 0.606. The molecular formula is C33H52NO3+. The van der Waals surface area contributed by atoms with E-state index in [1.54, 1.807) is 0 Å². The molecule has 4 heteroatoms. The van der Waals surface area contributed by atoms with Gasteiger partial charge in [0.05, 0.1) is 14.1 Å². The molecule has 0 heterocycles. The normalized spacial score (nSPS) is 12.3. The number of nitrogens with zero attached hydrogens (tertiary/aromatic N) is 1. The molecule has 0 spiro atoms. The Morgan fingerprint density at radius 2 is 1.32 bits per heavy atom. The lowest BCUT2D eigenvalue weighted by molar-refractivity contribution is -0.919. The largest absolute Gasteiger partial charge is 0.457 e. The second-order valence-electron chi connectivity index (χ2n) is 11.0. The number of unbranched alkanes of at least 4 members (excludes halogenated alkanes) is 10. The molecule has 206 valence electrons. The molecule has 0 bridgehead atoms. The molecule has 37 heavy (non-hydrogen) atoms. The molecule has 2 aromatic carbocycles. The predicted octanol–water partition coefficient (Wildman–Crippen LogP) is 8.47. The third-order valence-corrected chi connectivity index (χ3v) is 7.37. The quantitative estimate of drug-likeness (QED) is 0.0775. The van der Waals surface area contributed by atoms with Gasteiger partial charge in [0, 0.05) is 12.0 Å². The van der Waals surface area contributed by atoms with E-state index in [9.17, 15) is 4.79 Å². The highest BCUT2D eigenvalue weighted by Crippen LogP contribution is 2.22. The van der Waals surface area contributed by atoms with Gasteiger partial charge < -0.3 is 14.0 Å². The highest BCUT2D eigenvalue weighted by atomic mass is 16.7. The first-order valence-corrected chi connectivity index (χ1v) is 14.7. The summed E-state index contributed by atoms with van der Waals surface area (Å²) >= 11 is 0. The van der Waals surface area contributed by atoms with Gasteiger partial charge >= 0.3 is 5.97 Å². The van der Waals surface area contributed by atoms with Crippen molar-refractivity contribution < 1.29 is 18.8 Å². The Morgan fingerprint density at radius 1 is 0.757 bits per heavy atom. The zero-order valence-corrected chi connectivity index (χ0v) is 24.1. The summed E-state index contributed by atoms with van der Waals surface area (Å²) in [6, 6.07) is 18.2. The van der Waals surface area contributed by atoms with Crippen LogP contribution in [0.1, 0.15) is 102 Å². The van der Waals surface area contributed by atoms with Crippen LogP contribution in [0.15, 0.2) is 54.6 Å². The number of ether oxygens (including phenoxy) is 2. The summed E-state index contributed by atoms with van der Waals surface area (Å²) in [7, 11) is 4.18. The van der Waals surface area contributed by atoms with Crippen LogP contribution in [0, 0.1) is 0 Å². The number of carbonyl (C=O) groups is 1. The third-order valence-electron chi connectivity index (χ3n) is 7.37. The van der Waals surface area contributed by atoms with Crippen molar-refractivity contribution in [2.24, 2.45) is 0 Å². The summed E-state index contributed by atoms with van der Waals surface area (Å²) in [5.74, 6) is 0.625. The Morgan fingerprint density at radius 3 is 1.95 bits per heavy atom. The van der Waals surface area contributed by atoms with Gasteiger partial charge in [-0.05, 0) is 24.5 Å². The number of benzene rings is 2. The Balaban J connectivity index is 1.70. The maximum atomic E-state index is 13.0. The van der Waals surface area contributed by atoms with Crippen LogP contribution in [0.25, 0.3) is 0 Å². The van der Waals surface area contributed by atoms with Gasteiger partial charge in [-0.2, -0.15) is 0 Å². The van der Waals surface area contributed by atoms with Crippen molar-refractivity contribution in [3.8, 4) is 5.75 Å². The van der Waals surface area contributed by atoms with Crippen molar-refractivity contribution >= 4 is 5.97 Å². The lowest BCUT2D eigenvalue weighted by atomic mass is 10.0. The first-order chi connectivity index (χ1) is 18.0. The molecule has 0 saturated carbocycles. The molecule has 0 saturated heterocycles. The molecule has 1 atom stereocenters. The van der Waals surface area contributed by atoms with Crippen molar-refractivity contribution in [1.82, 2.24) is 0 Å². The van der Waals surface area contributed by atoms with E-state index < -0.39 is 0 Å². The fourth-order valence-electron chi connectivity index (χ4n) is 5.19. The minimum atomic E-state index is -0.240. The Kier molecular flexibility index (Phi) is 15.0. The first kappa shape index (κ1) is 30.9. The van der Waals surface area contributed by atoms with E-state index >= 15 is 0 Å². The third kappa shape index (κ3) is 12.2. The number of carbonyl (C=O) groups excluding carboxylic acids is 1. The summed E-state index contributed by atoms with van der Waals surface area (Å²) in [4.78, 5) is 13.0. The van der Waals surface area contributed by atoms with Gasteiger partial charge in [0.2, 0.25) is 6.79 Å². The van der Waals surface area contributed by atoms with E-state index in [1.165, 1.54) is 81.8 Å². The zero-order chi connectivity index (χ0) is 26.8.